The molecule has 3 nitrogen and oxygen atoms in total. The van der Waals surface area contributed by atoms with Crippen LogP contribution in [0.4, 0.5) is 0 Å². The molecule has 1 saturated heterocycles. The molecular formula is C9H11NO2S2. The molecule has 0 aliphatic carbocycles. The van der Waals surface area contributed by atoms with Crippen LogP contribution in [0.5, 0.6) is 0 Å². The quantitative estimate of drug-likeness (QED) is 0.412. The van der Waals surface area contributed by atoms with Crippen LogP contribution in [0.1, 0.15) is 13.3 Å². The van der Waals surface area contributed by atoms with Crippen LogP contribution in [0, 0.1) is 11.3 Å². The van der Waals surface area contributed by atoms with Crippen molar-refractivity contribution in [3.63, 3.8) is 0 Å². The minimum atomic E-state index is -0.494. The van der Waals surface area contributed by atoms with E-state index in [1.807, 2.05) is 6.07 Å². The van der Waals surface area contributed by atoms with E-state index in [4.69, 9.17) is 10.00 Å². The molecule has 1 rings (SSSR count). The van der Waals surface area contributed by atoms with Crippen LogP contribution >= 0.6 is 23.5 Å². The standard InChI is InChI=1S/C9H11NO2S2/c1-2-12-8(11)7(6-10)9-13-4-3-5-14-9/h2-5H2,1H3. The molecular weight excluding hydrogens is 218 g/mol. The number of hydrogen-bond acceptors (Lipinski definition) is 5. The Bertz CT molecular complexity index is 286. The van der Waals surface area contributed by atoms with Crippen LogP contribution in [-0.2, 0) is 9.53 Å². The highest BCUT2D eigenvalue weighted by Gasteiger charge is 2.19. The van der Waals surface area contributed by atoms with E-state index in [-0.39, 0.29) is 5.57 Å². The van der Waals surface area contributed by atoms with Gasteiger partial charge < -0.3 is 4.74 Å². The summed E-state index contributed by atoms with van der Waals surface area (Å²) in [6.45, 7) is 2.05. The van der Waals surface area contributed by atoms with Gasteiger partial charge in [0.2, 0.25) is 0 Å². The number of rotatable bonds is 2. The Morgan fingerprint density at radius 2 is 2.21 bits per heavy atom. The number of nitriles is 1. The SMILES string of the molecule is CCOC(=O)C(C#N)=C1SCCCS1. The summed E-state index contributed by atoms with van der Waals surface area (Å²) in [6.07, 6.45) is 1.13. The molecule has 0 aromatic rings. The Hall–Kier alpha value is -0.600. The molecule has 1 fully saturated rings. The molecule has 76 valence electrons. The van der Waals surface area contributed by atoms with Gasteiger partial charge in [0.25, 0.3) is 0 Å². The van der Waals surface area contributed by atoms with Gasteiger partial charge in [-0.05, 0) is 24.9 Å². The van der Waals surface area contributed by atoms with Gasteiger partial charge >= 0.3 is 5.97 Å². The molecule has 0 N–H and O–H groups in total. The minimum absolute atomic E-state index is 0.168. The number of nitrogens with zero attached hydrogens (tertiary/aromatic N) is 1. The molecule has 1 aliphatic heterocycles. The van der Waals surface area contributed by atoms with E-state index in [1.54, 1.807) is 30.4 Å². The van der Waals surface area contributed by atoms with Gasteiger partial charge in [-0.2, -0.15) is 5.26 Å². The maximum atomic E-state index is 11.3. The number of ether oxygens (including phenoxy) is 1. The molecule has 0 atom stereocenters. The summed E-state index contributed by atoms with van der Waals surface area (Å²) in [5, 5.41) is 8.84. The lowest BCUT2D eigenvalue weighted by atomic mass is 10.3. The second kappa shape index (κ2) is 5.99. The average molecular weight is 229 g/mol. The van der Waals surface area contributed by atoms with Gasteiger partial charge in [0.05, 0.1) is 10.8 Å². The summed E-state index contributed by atoms with van der Waals surface area (Å²) in [4.78, 5) is 11.3. The van der Waals surface area contributed by atoms with Gasteiger partial charge in [-0.3, -0.25) is 0 Å². The Morgan fingerprint density at radius 1 is 1.57 bits per heavy atom. The van der Waals surface area contributed by atoms with E-state index in [0.717, 1.165) is 22.2 Å². The van der Waals surface area contributed by atoms with Gasteiger partial charge in [0.1, 0.15) is 6.07 Å². The summed E-state index contributed by atoms with van der Waals surface area (Å²) < 4.78 is 5.62. The number of carbonyl (C=O) groups excluding carboxylic acids is 1. The first kappa shape index (κ1) is 11.5. The molecule has 14 heavy (non-hydrogen) atoms. The van der Waals surface area contributed by atoms with Crippen molar-refractivity contribution in [3.8, 4) is 6.07 Å². The van der Waals surface area contributed by atoms with Gasteiger partial charge in [0.15, 0.2) is 5.57 Å². The van der Waals surface area contributed by atoms with E-state index < -0.39 is 5.97 Å². The first-order valence-electron chi connectivity index (χ1n) is 4.36. The van der Waals surface area contributed by atoms with Crippen molar-refractivity contribution in [1.29, 1.82) is 5.26 Å². The Kier molecular flexibility index (Phi) is 4.91. The topological polar surface area (TPSA) is 50.1 Å². The van der Waals surface area contributed by atoms with Crippen LogP contribution in [0.2, 0.25) is 0 Å². The number of hydrogen-bond donors (Lipinski definition) is 0. The van der Waals surface area contributed by atoms with Crippen LogP contribution in [0.15, 0.2) is 9.81 Å². The molecule has 5 heteroatoms. The fraction of sp³-hybridized carbons (Fsp3) is 0.556. The summed E-state index contributed by atoms with van der Waals surface area (Å²) >= 11 is 3.14. The van der Waals surface area contributed by atoms with Gasteiger partial charge in [0, 0.05) is 0 Å². The van der Waals surface area contributed by atoms with E-state index in [0.29, 0.717) is 6.61 Å². The van der Waals surface area contributed by atoms with E-state index in [9.17, 15) is 4.79 Å². The second-order valence-electron chi connectivity index (χ2n) is 2.55. The lowest BCUT2D eigenvalue weighted by Crippen LogP contribution is -2.09. The van der Waals surface area contributed by atoms with Crippen molar-refractivity contribution >= 4 is 29.5 Å². The number of carbonyl (C=O) groups is 1. The molecule has 1 heterocycles. The van der Waals surface area contributed by atoms with Gasteiger partial charge in [-0.1, -0.05) is 0 Å². The number of thioether (sulfide) groups is 2. The zero-order valence-electron chi connectivity index (χ0n) is 7.91. The van der Waals surface area contributed by atoms with E-state index in [2.05, 4.69) is 0 Å². The van der Waals surface area contributed by atoms with Gasteiger partial charge in [-0.15, -0.1) is 23.5 Å². The first-order valence-corrected chi connectivity index (χ1v) is 6.33. The molecule has 0 unspecified atom stereocenters. The lowest BCUT2D eigenvalue weighted by Gasteiger charge is -2.13. The molecule has 0 radical (unpaired) electrons. The Balaban J connectivity index is 2.77. The minimum Gasteiger partial charge on any atom is -0.462 e. The van der Waals surface area contributed by atoms with Crippen molar-refractivity contribution in [2.24, 2.45) is 0 Å². The molecule has 0 amide bonds. The largest absolute Gasteiger partial charge is 0.462 e. The number of esters is 1. The highest BCUT2D eigenvalue weighted by Crippen LogP contribution is 2.37. The third kappa shape index (κ3) is 2.96. The molecule has 0 aromatic heterocycles. The van der Waals surface area contributed by atoms with E-state index >= 15 is 0 Å². The first-order chi connectivity index (χ1) is 6.79. The van der Waals surface area contributed by atoms with Crippen molar-refractivity contribution in [1.82, 2.24) is 0 Å². The zero-order chi connectivity index (χ0) is 10.4. The molecule has 0 saturated carbocycles. The molecule has 0 bridgehead atoms. The highest BCUT2D eigenvalue weighted by atomic mass is 32.2. The Labute approximate surface area is 91.9 Å². The van der Waals surface area contributed by atoms with Crippen LogP contribution < -0.4 is 0 Å². The predicted molar refractivity (Wildman–Crippen MR) is 58.8 cm³/mol. The smallest absolute Gasteiger partial charge is 0.350 e. The van der Waals surface area contributed by atoms with Crippen LogP contribution in [-0.4, -0.2) is 24.1 Å². The predicted octanol–water partition coefficient (Wildman–Crippen LogP) is 2.15. The fourth-order valence-electron chi connectivity index (χ4n) is 0.953. The molecule has 0 spiro atoms. The zero-order valence-corrected chi connectivity index (χ0v) is 9.54. The summed E-state index contributed by atoms with van der Waals surface area (Å²) in [5.41, 5.74) is 0.168. The monoisotopic (exact) mass is 229 g/mol. The van der Waals surface area contributed by atoms with Crippen molar-refractivity contribution in [3.05, 3.63) is 9.81 Å². The van der Waals surface area contributed by atoms with Gasteiger partial charge in [-0.25, -0.2) is 4.79 Å². The third-order valence-corrected chi connectivity index (χ3v) is 4.18. The normalized spacial score (nSPS) is 15.9. The maximum Gasteiger partial charge on any atom is 0.350 e. The fourth-order valence-corrected chi connectivity index (χ4v) is 3.46. The average Bonchev–Trinajstić information content (AvgIpc) is 2.21. The Morgan fingerprint density at radius 3 is 2.71 bits per heavy atom. The molecule has 0 aromatic carbocycles. The lowest BCUT2D eigenvalue weighted by molar-refractivity contribution is -0.138. The van der Waals surface area contributed by atoms with Crippen molar-refractivity contribution in [2.75, 3.05) is 18.1 Å². The summed E-state index contributed by atoms with van der Waals surface area (Å²) in [7, 11) is 0. The van der Waals surface area contributed by atoms with Crippen molar-refractivity contribution < 1.29 is 9.53 Å². The van der Waals surface area contributed by atoms with Crippen LogP contribution in [0.25, 0.3) is 0 Å². The molecule has 1 aliphatic rings. The van der Waals surface area contributed by atoms with E-state index in [1.165, 1.54) is 0 Å². The maximum absolute atomic E-state index is 11.3. The summed E-state index contributed by atoms with van der Waals surface area (Å²) in [5.74, 6) is 1.46. The highest BCUT2D eigenvalue weighted by molar-refractivity contribution is 8.22. The summed E-state index contributed by atoms with van der Waals surface area (Å²) in [6, 6.07) is 1.92. The van der Waals surface area contributed by atoms with Crippen molar-refractivity contribution in [2.45, 2.75) is 13.3 Å². The van der Waals surface area contributed by atoms with Crippen LogP contribution in [0.3, 0.4) is 0 Å². The second-order valence-corrected chi connectivity index (χ2v) is 5.01. The third-order valence-electron chi connectivity index (χ3n) is 1.55.